The van der Waals surface area contributed by atoms with Gasteiger partial charge >= 0.3 is 0 Å². The second-order valence-corrected chi connectivity index (χ2v) is 5.16. The van der Waals surface area contributed by atoms with E-state index in [1.807, 2.05) is 18.2 Å². The van der Waals surface area contributed by atoms with E-state index in [1.54, 1.807) is 0 Å². The number of nitrogens with one attached hydrogen (secondary N) is 2. The van der Waals surface area contributed by atoms with Crippen LogP contribution < -0.4 is 10.6 Å². The quantitative estimate of drug-likeness (QED) is 0.671. The fourth-order valence-electron chi connectivity index (χ4n) is 1.99. The third-order valence-corrected chi connectivity index (χ3v) is 3.06. The first kappa shape index (κ1) is 17.2. The van der Waals surface area contributed by atoms with Crippen LogP contribution in [0.3, 0.4) is 0 Å². The Hall–Kier alpha value is -1.88. The number of rotatable bonds is 9. The zero-order chi connectivity index (χ0) is 15.5. The normalized spacial score (nSPS) is 10.4. The first-order chi connectivity index (χ1) is 10.1. The standard InChI is InChI=1S/C16H25N3O2/c1-14(20)17-11-9-16(21)18-10-6-12-19(2)13-15-7-4-3-5-8-15/h3-5,7-8H,6,9-13H2,1-2H3,(H,17,20)(H,18,21). The van der Waals surface area contributed by atoms with Gasteiger partial charge in [-0.1, -0.05) is 30.3 Å². The Balaban J connectivity index is 2.05. The van der Waals surface area contributed by atoms with E-state index in [4.69, 9.17) is 0 Å². The van der Waals surface area contributed by atoms with Crippen LogP contribution in [-0.2, 0) is 16.1 Å². The summed E-state index contributed by atoms with van der Waals surface area (Å²) in [6.45, 7) is 4.35. The fourth-order valence-corrected chi connectivity index (χ4v) is 1.99. The average molecular weight is 291 g/mol. The average Bonchev–Trinajstić information content (AvgIpc) is 2.44. The number of hydrogen-bond acceptors (Lipinski definition) is 3. The molecule has 5 nitrogen and oxygen atoms in total. The zero-order valence-electron chi connectivity index (χ0n) is 12.9. The van der Waals surface area contributed by atoms with E-state index >= 15 is 0 Å². The molecule has 1 rings (SSSR count). The fraction of sp³-hybridized carbons (Fsp3) is 0.500. The third kappa shape index (κ3) is 8.81. The van der Waals surface area contributed by atoms with Gasteiger partial charge in [0.15, 0.2) is 0 Å². The molecular formula is C16H25N3O2. The molecule has 0 heterocycles. The van der Waals surface area contributed by atoms with Gasteiger partial charge < -0.3 is 15.5 Å². The lowest BCUT2D eigenvalue weighted by Gasteiger charge is -2.16. The molecule has 0 bridgehead atoms. The molecule has 0 fully saturated rings. The summed E-state index contributed by atoms with van der Waals surface area (Å²) in [7, 11) is 2.08. The predicted molar refractivity (Wildman–Crippen MR) is 83.7 cm³/mol. The minimum absolute atomic E-state index is 0.0190. The van der Waals surface area contributed by atoms with E-state index in [0.717, 1.165) is 19.5 Å². The zero-order valence-corrected chi connectivity index (χ0v) is 12.9. The van der Waals surface area contributed by atoms with Crippen molar-refractivity contribution >= 4 is 11.8 Å². The van der Waals surface area contributed by atoms with Gasteiger partial charge in [-0.3, -0.25) is 9.59 Å². The van der Waals surface area contributed by atoms with E-state index in [2.05, 4.69) is 34.7 Å². The maximum atomic E-state index is 11.5. The molecule has 0 aliphatic carbocycles. The number of hydrogen-bond donors (Lipinski definition) is 2. The summed E-state index contributed by atoms with van der Waals surface area (Å²) in [5.74, 6) is -0.125. The largest absolute Gasteiger partial charge is 0.356 e. The third-order valence-electron chi connectivity index (χ3n) is 3.06. The number of nitrogens with zero attached hydrogens (tertiary/aromatic N) is 1. The topological polar surface area (TPSA) is 61.4 Å². The van der Waals surface area contributed by atoms with Gasteiger partial charge in [0.2, 0.25) is 11.8 Å². The smallest absolute Gasteiger partial charge is 0.221 e. The summed E-state index contributed by atoms with van der Waals surface area (Å²) in [6.07, 6.45) is 1.24. The number of amides is 2. The Bertz CT molecular complexity index is 434. The molecule has 5 heteroatoms. The lowest BCUT2D eigenvalue weighted by atomic mass is 10.2. The van der Waals surface area contributed by atoms with Crippen LogP contribution in [0.25, 0.3) is 0 Å². The molecule has 2 amide bonds. The molecule has 0 aromatic heterocycles. The van der Waals surface area contributed by atoms with Gasteiger partial charge in [-0.15, -0.1) is 0 Å². The molecule has 1 aromatic carbocycles. The molecule has 1 aromatic rings. The Morgan fingerprint density at radius 1 is 1.10 bits per heavy atom. The lowest BCUT2D eigenvalue weighted by molar-refractivity contribution is -0.121. The van der Waals surface area contributed by atoms with E-state index in [-0.39, 0.29) is 11.8 Å². The number of carbonyl (C=O) groups is 2. The van der Waals surface area contributed by atoms with Crippen molar-refractivity contribution in [3.63, 3.8) is 0 Å². The highest BCUT2D eigenvalue weighted by Gasteiger charge is 2.02. The Labute approximate surface area is 126 Å². The molecule has 21 heavy (non-hydrogen) atoms. The summed E-state index contributed by atoms with van der Waals surface area (Å²) in [5, 5.41) is 5.46. The summed E-state index contributed by atoms with van der Waals surface area (Å²) >= 11 is 0. The molecule has 0 spiro atoms. The van der Waals surface area contributed by atoms with E-state index in [9.17, 15) is 9.59 Å². The SMILES string of the molecule is CC(=O)NCCC(=O)NCCCN(C)Cc1ccccc1. The highest BCUT2D eigenvalue weighted by atomic mass is 16.2. The van der Waals surface area contributed by atoms with Crippen molar-refractivity contribution in [3.8, 4) is 0 Å². The van der Waals surface area contributed by atoms with E-state index in [1.165, 1.54) is 12.5 Å². The minimum Gasteiger partial charge on any atom is -0.356 e. The molecule has 0 aliphatic heterocycles. The van der Waals surface area contributed by atoms with Crippen LogP contribution in [-0.4, -0.2) is 43.4 Å². The van der Waals surface area contributed by atoms with Crippen molar-refractivity contribution in [1.29, 1.82) is 0 Å². The number of carbonyl (C=O) groups excluding carboxylic acids is 2. The minimum atomic E-state index is -0.106. The Morgan fingerprint density at radius 2 is 1.81 bits per heavy atom. The maximum absolute atomic E-state index is 11.5. The maximum Gasteiger partial charge on any atom is 0.221 e. The van der Waals surface area contributed by atoms with Crippen LogP contribution in [0, 0.1) is 0 Å². The van der Waals surface area contributed by atoms with Crippen LogP contribution >= 0.6 is 0 Å². The van der Waals surface area contributed by atoms with Gasteiger partial charge in [0.25, 0.3) is 0 Å². The van der Waals surface area contributed by atoms with Crippen LogP contribution in [0.2, 0.25) is 0 Å². The predicted octanol–water partition coefficient (Wildman–Crippen LogP) is 1.15. The summed E-state index contributed by atoms with van der Waals surface area (Å²) in [4.78, 5) is 24.4. The lowest BCUT2D eigenvalue weighted by Crippen LogP contribution is -2.31. The Morgan fingerprint density at radius 3 is 2.48 bits per heavy atom. The molecule has 0 unspecified atom stereocenters. The molecule has 2 N–H and O–H groups in total. The van der Waals surface area contributed by atoms with Crippen LogP contribution in [0.1, 0.15) is 25.3 Å². The monoisotopic (exact) mass is 291 g/mol. The summed E-state index contributed by atoms with van der Waals surface area (Å²) in [5.41, 5.74) is 1.29. The van der Waals surface area contributed by atoms with Gasteiger partial charge in [-0.2, -0.15) is 0 Å². The van der Waals surface area contributed by atoms with Crippen LogP contribution in [0.15, 0.2) is 30.3 Å². The highest BCUT2D eigenvalue weighted by molar-refractivity contribution is 5.77. The van der Waals surface area contributed by atoms with Crippen LogP contribution in [0.5, 0.6) is 0 Å². The summed E-state index contributed by atoms with van der Waals surface area (Å²) < 4.78 is 0. The van der Waals surface area contributed by atoms with E-state index in [0.29, 0.717) is 19.5 Å². The van der Waals surface area contributed by atoms with Gasteiger partial charge in [0.05, 0.1) is 0 Å². The first-order valence-corrected chi connectivity index (χ1v) is 7.31. The highest BCUT2D eigenvalue weighted by Crippen LogP contribution is 2.02. The van der Waals surface area contributed by atoms with Gasteiger partial charge in [0.1, 0.15) is 0 Å². The molecular weight excluding hydrogens is 266 g/mol. The molecule has 0 radical (unpaired) electrons. The van der Waals surface area contributed by atoms with Gasteiger partial charge in [0, 0.05) is 33.0 Å². The molecule has 0 atom stereocenters. The Kier molecular flexibility index (Phi) is 8.12. The first-order valence-electron chi connectivity index (χ1n) is 7.31. The summed E-state index contributed by atoms with van der Waals surface area (Å²) in [6, 6.07) is 10.3. The van der Waals surface area contributed by atoms with Gasteiger partial charge in [-0.25, -0.2) is 0 Å². The molecule has 116 valence electrons. The molecule has 0 saturated heterocycles. The molecule has 0 aliphatic rings. The van der Waals surface area contributed by atoms with Crippen LogP contribution in [0.4, 0.5) is 0 Å². The van der Waals surface area contributed by atoms with Crippen molar-refractivity contribution in [1.82, 2.24) is 15.5 Å². The van der Waals surface area contributed by atoms with Crippen molar-refractivity contribution in [3.05, 3.63) is 35.9 Å². The second-order valence-electron chi connectivity index (χ2n) is 5.16. The number of benzene rings is 1. The van der Waals surface area contributed by atoms with Crippen molar-refractivity contribution in [2.24, 2.45) is 0 Å². The van der Waals surface area contributed by atoms with Gasteiger partial charge in [-0.05, 0) is 25.6 Å². The van der Waals surface area contributed by atoms with Crippen molar-refractivity contribution in [2.45, 2.75) is 26.3 Å². The van der Waals surface area contributed by atoms with Crippen molar-refractivity contribution < 1.29 is 9.59 Å². The molecule has 0 saturated carbocycles. The van der Waals surface area contributed by atoms with E-state index < -0.39 is 0 Å². The second kappa shape index (κ2) is 9.94. The van der Waals surface area contributed by atoms with Crippen molar-refractivity contribution in [2.75, 3.05) is 26.7 Å².